The molecule has 0 saturated carbocycles. The number of alkyl carbamates (subject to hydrolysis) is 5. The molecule has 0 radical (unpaired) electrons. The zero-order valence-corrected chi connectivity index (χ0v) is 83.5. The maximum absolute atomic E-state index is 12.6. The third kappa shape index (κ3) is 57.4. The first-order valence-corrected chi connectivity index (χ1v) is 47.5. The highest BCUT2D eigenvalue weighted by Gasteiger charge is 2.31. The summed E-state index contributed by atoms with van der Waals surface area (Å²) in [5.74, 6) is -3.95. The van der Waals surface area contributed by atoms with Crippen LogP contribution in [-0.4, -0.2) is 170 Å². The molecular formula is C105H150N8O26. The number of hydrogen-bond donors (Lipinski definition) is 10. The Labute approximate surface area is 817 Å². The number of aliphatic carboxylic acids is 1. The van der Waals surface area contributed by atoms with Gasteiger partial charge in [-0.3, -0.25) is 24.0 Å². The highest BCUT2D eigenvalue weighted by molar-refractivity contribution is 5.79. The predicted molar refractivity (Wildman–Crippen MR) is 525 cm³/mol. The summed E-state index contributed by atoms with van der Waals surface area (Å²) in [4.78, 5) is 137. The standard InChI is InChI=1S/C27H34N2O6.C20H29NO6.C20H31NO5.C20H29NO5.C18H27N3O4/c1-27(2,3)35-26(32)28-16-10-9-13-20(17-23(30)33-18-19-11-5-4-6-12-19)24(31)25-29-21-14-7-8-15-22(21)34-25;1-20(2,3)27-19(25)21-12-8-7-11-16(18(23)24)13-17(22)26-14-15-9-5-4-6-10-15;2*1-20(2,3)26-19(24)21-12-8-7-11-17(14-22)13-18(23)25-15-16-9-5-4-6-10-16;1-18(2,3)25-17(23)20-11-7-6-8-12(19)15(22)16-21-13-9-4-5-10-14(13)24-16/h4-8,11-12,14-15,20,24,31H,9-10,13,16-18H2,1-3H3,(H,28,32);4-6,9-10,16H,7-8,11-14H2,1-3H3,(H,21,25)(H,23,24);4-6,9-10,17,22H,7-8,11-15H2,1-3H3,(H,21,24);4-6,9-10,14,17H,7-8,11-13,15H2,1-3H3,(H,21,24);4-5,9-10,12,15,22H,6-8,11,19H2,1-3H3,(H,20,23)/t20-,24?;16-;2*17-;12-,15?/m11110/s1. The van der Waals surface area contributed by atoms with Crippen molar-refractivity contribution in [1.29, 1.82) is 0 Å². The van der Waals surface area contributed by atoms with Crippen LogP contribution >= 0.6 is 0 Å². The maximum atomic E-state index is 12.6. The number of oxazole rings is 2. The number of aromatic nitrogens is 2. The number of carbonyl (C=O) groups is 11. The second-order valence-electron chi connectivity index (χ2n) is 38.4. The van der Waals surface area contributed by atoms with Gasteiger partial charge in [-0.15, -0.1) is 0 Å². The number of aldehydes is 1. The molecule has 11 N–H and O–H groups in total. The van der Waals surface area contributed by atoms with E-state index in [1.54, 1.807) is 59.7 Å². The average Bonchev–Trinajstić information content (AvgIpc) is 1.69. The highest BCUT2D eigenvalue weighted by atomic mass is 16.6. The highest BCUT2D eigenvalue weighted by Crippen LogP contribution is 2.32. The number of amides is 5. The van der Waals surface area contributed by atoms with Crippen molar-refractivity contribution in [1.82, 2.24) is 36.6 Å². The third-order valence-corrected chi connectivity index (χ3v) is 19.8. The molecule has 0 aliphatic rings. The zero-order chi connectivity index (χ0) is 103. The number of esters is 4. The third-order valence-electron chi connectivity index (χ3n) is 19.8. The summed E-state index contributed by atoms with van der Waals surface area (Å²) in [5, 5.41) is 53.4. The van der Waals surface area contributed by atoms with E-state index in [0.29, 0.717) is 119 Å². The van der Waals surface area contributed by atoms with E-state index in [0.717, 1.165) is 60.6 Å². The molecule has 0 fully saturated rings. The summed E-state index contributed by atoms with van der Waals surface area (Å²) < 4.78 is 58.1. The number of hydrogen-bond acceptors (Lipinski definition) is 28. The van der Waals surface area contributed by atoms with Crippen LogP contribution in [0.4, 0.5) is 24.0 Å². The first-order valence-electron chi connectivity index (χ1n) is 47.5. The van der Waals surface area contributed by atoms with Gasteiger partial charge in [0.15, 0.2) is 11.2 Å². The number of ether oxygens (including phenoxy) is 9. The Kier molecular flexibility index (Phi) is 54.6. The molecule has 139 heavy (non-hydrogen) atoms. The lowest BCUT2D eigenvalue weighted by atomic mass is 9.92. The van der Waals surface area contributed by atoms with E-state index in [4.69, 9.17) is 57.2 Å². The van der Waals surface area contributed by atoms with Crippen LogP contribution < -0.4 is 32.3 Å². The number of nitrogens with one attached hydrogen (secondary N) is 5. The minimum absolute atomic E-state index is 0.0201. The van der Waals surface area contributed by atoms with E-state index < -0.39 is 106 Å². The van der Waals surface area contributed by atoms with Crippen LogP contribution in [-0.2, 0) is 97.8 Å². The van der Waals surface area contributed by atoms with Crippen molar-refractivity contribution >= 4 is 88.8 Å². The molecule has 34 heteroatoms. The molecular weight excluding hydrogens is 1790 g/mol. The lowest BCUT2D eigenvalue weighted by molar-refractivity contribution is -0.152. The topological polar surface area (TPSA) is 490 Å². The maximum Gasteiger partial charge on any atom is 0.407 e. The molecule has 2 heterocycles. The summed E-state index contributed by atoms with van der Waals surface area (Å²) in [7, 11) is 0. The van der Waals surface area contributed by atoms with Gasteiger partial charge in [-0.1, -0.05) is 178 Å². The molecule has 2 unspecified atom stereocenters. The molecule has 7 atom stereocenters. The van der Waals surface area contributed by atoms with E-state index >= 15 is 0 Å². The lowest BCUT2D eigenvalue weighted by Crippen LogP contribution is -2.33. The fourth-order valence-corrected chi connectivity index (χ4v) is 13.0. The molecule has 34 nitrogen and oxygen atoms in total. The number of benzene rings is 6. The molecule has 6 aromatic carbocycles. The Balaban J connectivity index is 0.000000365. The normalized spacial score (nSPS) is 12.8. The van der Waals surface area contributed by atoms with Gasteiger partial charge in [-0.2, -0.15) is 0 Å². The number of rotatable bonds is 48. The monoisotopic (exact) mass is 1940 g/mol. The van der Waals surface area contributed by atoms with Crippen LogP contribution in [0.5, 0.6) is 0 Å². The van der Waals surface area contributed by atoms with Gasteiger partial charge >= 0.3 is 60.3 Å². The SMILES string of the molecule is CC(C)(C)OC(=O)NCCCC[C@@H](C=O)CC(=O)OCc1ccccc1.CC(C)(C)OC(=O)NCCCC[C@@H](CO)CC(=O)OCc1ccccc1.CC(C)(C)OC(=O)NCCCC[C@H](CC(=O)OCc1ccccc1)C(=O)O.CC(C)(C)OC(=O)NCCCC[C@H](CC(=O)OCc1ccccc1)C(O)c1nc2ccccc2o1.CC(C)(C)OC(=O)NCCCC[C@H](N)C(O)c1nc2ccccc2o1. The number of fused-ring (bicyclic) bond motifs is 2. The van der Waals surface area contributed by atoms with Crippen LogP contribution in [0.15, 0.2) is 179 Å². The van der Waals surface area contributed by atoms with Crippen molar-refractivity contribution in [3.8, 4) is 0 Å². The zero-order valence-electron chi connectivity index (χ0n) is 83.5. The number of aliphatic hydroxyl groups excluding tert-OH is 3. The minimum atomic E-state index is -1.06. The van der Waals surface area contributed by atoms with Crippen molar-refractivity contribution in [3.05, 3.63) is 204 Å². The number of carboxylic acid groups (broad SMARTS) is 1. The molecule has 8 rings (SSSR count). The second kappa shape index (κ2) is 63.9. The summed E-state index contributed by atoms with van der Waals surface area (Å²) in [6, 6.07) is 51.7. The molecule has 5 amide bonds. The van der Waals surface area contributed by atoms with Gasteiger partial charge in [0.2, 0.25) is 11.8 Å². The Hall–Kier alpha value is -12.5. The molecule has 0 aliphatic heterocycles. The van der Waals surface area contributed by atoms with Crippen molar-refractivity contribution in [2.45, 2.75) is 299 Å². The largest absolute Gasteiger partial charge is 0.481 e. The van der Waals surface area contributed by atoms with Gasteiger partial charge < -0.3 is 109 Å². The average molecular weight is 1940 g/mol. The number of carboxylic acids is 1. The van der Waals surface area contributed by atoms with Gasteiger partial charge in [0, 0.05) is 57.2 Å². The van der Waals surface area contributed by atoms with E-state index in [1.807, 2.05) is 214 Å². The van der Waals surface area contributed by atoms with Gasteiger partial charge in [0.25, 0.3) is 0 Å². The van der Waals surface area contributed by atoms with Gasteiger partial charge in [-0.05, 0) is 221 Å². The number of nitrogens with two attached hydrogens (primary N) is 1. The molecule has 2 aromatic heterocycles. The van der Waals surface area contributed by atoms with Crippen molar-refractivity contribution in [3.63, 3.8) is 0 Å². The number of para-hydroxylation sites is 4. The van der Waals surface area contributed by atoms with Gasteiger partial charge in [0.05, 0.1) is 31.6 Å². The van der Waals surface area contributed by atoms with Crippen LogP contribution in [0, 0.1) is 23.7 Å². The first kappa shape index (κ1) is 119. The molecule has 0 bridgehead atoms. The van der Waals surface area contributed by atoms with Crippen molar-refractivity contribution in [2.75, 3.05) is 39.3 Å². The van der Waals surface area contributed by atoms with Crippen molar-refractivity contribution < 1.29 is 125 Å². The second-order valence-corrected chi connectivity index (χ2v) is 38.4. The first-order chi connectivity index (χ1) is 65.7. The van der Waals surface area contributed by atoms with Crippen LogP contribution in [0.3, 0.4) is 0 Å². The van der Waals surface area contributed by atoms with Crippen molar-refractivity contribution in [2.24, 2.45) is 29.4 Å². The molecule has 0 aliphatic carbocycles. The predicted octanol–water partition coefficient (Wildman–Crippen LogP) is 18.8. The Morgan fingerprint density at radius 1 is 0.360 bits per heavy atom. The van der Waals surface area contributed by atoms with Crippen LogP contribution in [0.1, 0.15) is 272 Å². The smallest absolute Gasteiger partial charge is 0.407 e. The van der Waals surface area contributed by atoms with E-state index in [2.05, 4.69) is 36.6 Å². The summed E-state index contributed by atoms with van der Waals surface area (Å²) in [5.41, 5.74) is 9.54. The van der Waals surface area contributed by atoms with Gasteiger partial charge in [-0.25, -0.2) is 33.9 Å². The van der Waals surface area contributed by atoms with E-state index in [-0.39, 0.29) is 94.3 Å². The van der Waals surface area contributed by atoms with E-state index in [9.17, 15) is 73.2 Å². The Bertz CT molecular complexity index is 4820. The fraction of sp³-hybridized carbons (Fsp3) is 0.533. The fourth-order valence-electron chi connectivity index (χ4n) is 13.0. The summed E-state index contributed by atoms with van der Waals surface area (Å²) in [6.07, 6.45) is 6.38. The van der Waals surface area contributed by atoms with E-state index in [1.165, 1.54) is 0 Å². The summed E-state index contributed by atoms with van der Waals surface area (Å²) >= 11 is 0. The molecule has 0 spiro atoms. The minimum Gasteiger partial charge on any atom is -0.481 e. The molecule has 766 valence electrons. The number of nitrogens with zero attached hydrogens (tertiary/aromatic N) is 2. The number of aliphatic hydroxyl groups is 3. The van der Waals surface area contributed by atoms with Crippen LogP contribution in [0.25, 0.3) is 22.2 Å². The van der Waals surface area contributed by atoms with Gasteiger partial charge in [0.1, 0.15) is 84.0 Å². The van der Waals surface area contributed by atoms with Crippen LogP contribution in [0.2, 0.25) is 0 Å². The number of unbranched alkanes of at least 4 members (excludes halogenated alkanes) is 5. The Morgan fingerprint density at radius 3 is 0.971 bits per heavy atom. The molecule has 8 aromatic rings. The number of carbonyl (C=O) groups excluding carboxylic acids is 10. The Morgan fingerprint density at radius 2 is 0.647 bits per heavy atom. The quantitative estimate of drug-likeness (QED) is 0.00733. The summed E-state index contributed by atoms with van der Waals surface area (Å²) in [6.45, 7) is 30.1. The lowest BCUT2D eigenvalue weighted by Gasteiger charge is -2.21. The molecule has 0 saturated heterocycles.